The van der Waals surface area contributed by atoms with Crippen molar-refractivity contribution in [1.29, 1.82) is 0 Å². The van der Waals surface area contributed by atoms with E-state index in [2.05, 4.69) is 24.1 Å². The van der Waals surface area contributed by atoms with Gasteiger partial charge in [0.2, 0.25) is 0 Å². The molecule has 0 atom stereocenters. The minimum atomic E-state index is -0.267. The molecule has 0 spiro atoms. The van der Waals surface area contributed by atoms with Crippen LogP contribution in [0, 0.1) is 11.8 Å². The Morgan fingerprint density at radius 1 is 0.933 bits per heavy atom. The van der Waals surface area contributed by atoms with Crippen molar-refractivity contribution in [3.8, 4) is 11.8 Å². The Hall–Kier alpha value is -1.51. The highest BCUT2D eigenvalue weighted by atomic mass is 32.1. The summed E-state index contributed by atoms with van der Waals surface area (Å²) in [4.78, 5) is 12.6. The SMILES string of the molecule is CCCCC#CCCCCCCCCCCNc1csc(C(=O)OCCOCC)c1. The summed E-state index contributed by atoms with van der Waals surface area (Å²) in [6.07, 6.45) is 14.9. The van der Waals surface area contributed by atoms with Gasteiger partial charge in [-0.05, 0) is 32.3 Å². The highest BCUT2D eigenvalue weighted by Crippen LogP contribution is 2.20. The molecule has 1 heterocycles. The lowest BCUT2D eigenvalue weighted by Gasteiger charge is -2.04. The molecule has 0 bridgehead atoms. The van der Waals surface area contributed by atoms with Crippen molar-refractivity contribution in [3.63, 3.8) is 0 Å². The molecule has 0 amide bonds. The Morgan fingerprint density at radius 2 is 1.60 bits per heavy atom. The van der Waals surface area contributed by atoms with Crippen LogP contribution in [0.1, 0.15) is 101 Å². The molecule has 0 aromatic carbocycles. The first-order valence-electron chi connectivity index (χ1n) is 11.8. The third-order valence-electron chi connectivity index (χ3n) is 4.80. The van der Waals surface area contributed by atoms with Gasteiger partial charge in [-0.3, -0.25) is 0 Å². The van der Waals surface area contributed by atoms with Crippen molar-refractivity contribution in [2.75, 3.05) is 31.7 Å². The van der Waals surface area contributed by atoms with Crippen LogP contribution in [-0.2, 0) is 9.47 Å². The van der Waals surface area contributed by atoms with Gasteiger partial charge in [0.05, 0.1) is 6.61 Å². The topological polar surface area (TPSA) is 47.6 Å². The molecule has 30 heavy (non-hydrogen) atoms. The van der Waals surface area contributed by atoms with Crippen LogP contribution in [0.2, 0.25) is 0 Å². The number of thiophene rings is 1. The molecular formula is C25H41NO3S. The van der Waals surface area contributed by atoms with Crippen LogP contribution < -0.4 is 5.32 Å². The molecular weight excluding hydrogens is 394 g/mol. The number of ether oxygens (including phenoxy) is 2. The van der Waals surface area contributed by atoms with E-state index in [1.165, 1.54) is 69.1 Å². The molecule has 1 rings (SSSR count). The average molecular weight is 436 g/mol. The van der Waals surface area contributed by atoms with E-state index in [1.807, 2.05) is 18.4 Å². The van der Waals surface area contributed by atoms with Gasteiger partial charge >= 0.3 is 5.97 Å². The number of nitrogens with one attached hydrogen (secondary N) is 1. The quantitative estimate of drug-likeness (QED) is 0.152. The van der Waals surface area contributed by atoms with Crippen molar-refractivity contribution in [2.24, 2.45) is 0 Å². The lowest BCUT2D eigenvalue weighted by Crippen LogP contribution is -2.09. The second kappa shape index (κ2) is 19.5. The van der Waals surface area contributed by atoms with Crippen LogP contribution >= 0.6 is 11.3 Å². The molecule has 0 saturated heterocycles. The lowest BCUT2D eigenvalue weighted by molar-refractivity contribution is 0.0340. The van der Waals surface area contributed by atoms with Gasteiger partial charge in [-0.1, -0.05) is 51.9 Å². The zero-order chi connectivity index (χ0) is 21.7. The Labute approximate surface area is 188 Å². The largest absolute Gasteiger partial charge is 0.459 e. The Kier molecular flexibility index (Phi) is 17.2. The maximum Gasteiger partial charge on any atom is 0.348 e. The summed E-state index contributed by atoms with van der Waals surface area (Å²) in [6.45, 7) is 6.48. The molecule has 1 aromatic rings. The molecule has 1 N–H and O–H groups in total. The van der Waals surface area contributed by atoms with Crippen LogP contribution in [0.3, 0.4) is 0 Å². The number of hydrogen-bond acceptors (Lipinski definition) is 5. The highest BCUT2D eigenvalue weighted by Gasteiger charge is 2.10. The smallest absolute Gasteiger partial charge is 0.348 e. The minimum absolute atomic E-state index is 0.267. The predicted molar refractivity (Wildman–Crippen MR) is 128 cm³/mol. The molecule has 4 nitrogen and oxygen atoms in total. The van der Waals surface area contributed by atoms with E-state index in [4.69, 9.17) is 9.47 Å². The highest BCUT2D eigenvalue weighted by molar-refractivity contribution is 7.12. The standard InChI is InChI=1S/C25H41NO3S/c1-3-5-6-7-8-9-10-11-12-13-14-15-16-17-18-26-23-21-24(30-22-23)25(27)29-20-19-28-4-2/h21-22,26H,3-6,9-20H2,1-2H3. The van der Waals surface area contributed by atoms with Gasteiger partial charge in [0.1, 0.15) is 11.5 Å². The monoisotopic (exact) mass is 435 g/mol. The van der Waals surface area contributed by atoms with Crippen LogP contribution in [0.15, 0.2) is 11.4 Å². The maximum atomic E-state index is 11.9. The van der Waals surface area contributed by atoms with Gasteiger partial charge in [0, 0.05) is 37.1 Å². The summed E-state index contributed by atoms with van der Waals surface area (Å²) < 4.78 is 10.4. The molecule has 0 aliphatic rings. The van der Waals surface area contributed by atoms with Crippen molar-refractivity contribution in [2.45, 2.75) is 90.9 Å². The molecule has 0 aliphatic heterocycles. The van der Waals surface area contributed by atoms with Crippen molar-refractivity contribution in [3.05, 3.63) is 16.3 Å². The number of rotatable bonds is 18. The molecule has 0 unspecified atom stereocenters. The second-order valence-electron chi connectivity index (χ2n) is 7.49. The Morgan fingerprint density at radius 3 is 2.30 bits per heavy atom. The minimum Gasteiger partial charge on any atom is -0.459 e. The van der Waals surface area contributed by atoms with E-state index in [0.717, 1.165) is 31.5 Å². The zero-order valence-electron chi connectivity index (χ0n) is 19.1. The first-order chi connectivity index (χ1) is 14.8. The third kappa shape index (κ3) is 14.5. The molecule has 0 aliphatic carbocycles. The molecule has 0 fully saturated rings. The van der Waals surface area contributed by atoms with Crippen molar-refractivity contribution in [1.82, 2.24) is 0 Å². The summed E-state index contributed by atoms with van der Waals surface area (Å²) in [7, 11) is 0. The van der Waals surface area contributed by atoms with Crippen LogP contribution in [0.5, 0.6) is 0 Å². The number of carbonyl (C=O) groups is 1. The maximum absolute atomic E-state index is 11.9. The van der Waals surface area contributed by atoms with Crippen LogP contribution in [0.4, 0.5) is 5.69 Å². The van der Waals surface area contributed by atoms with E-state index in [9.17, 15) is 4.79 Å². The van der Waals surface area contributed by atoms with Gasteiger partial charge in [-0.25, -0.2) is 4.79 Å². The lowest BCUT2D eigenvalue weighted by atomic mass is 10.1. The molecule has 5 heteroatoms. The number of carbonyl (C=O) groups excluding carboxylic acids is 1. The average Bonchev–Trinajstić information content (AvgIpc) is 3.23. The van der Waals surface area contributed by atoms with Gasteiger partial charge in [0.25, 0.3) is 0 Å². The molecule has 170 valence electrons. The number of hydrogen-bond donors (Lipinski definition) is 1. The Bertz CT molecular complexity index is 603. The van der Waals surface area contributed by atoms with Crippen molar-refractivity contribution < 1.29 is 14.3 Å². The number of anilines is 1. The van der Waals surface area contributed by atoms with E-state index < -0.39 is 0 Å². The summed E-state index contributed by atoms with van der Waals surface area (Å²) in [5.41, 5.74) is 1.01. The van der Waals surface area contributed by atoms with Crippen LogP contribution in [-0.4, -0.2) is 32.3 Å². The van der Waals surface area contributed by atoms with Crippen molar-refractivity contribution >= 4 is 23.0 Å². The fraction of sp³-hybridized carbons (Fsp3) is 0.720. The van der Waals surface area contributed by atoms with Gasteiger partial charge < -0.3 is 14.8 Å². The number of esters is 1. The predicted octanol–water partition coefficient (Wildman–Crippen LogP) is 7.06. The summed E-state index contributed by atoms with van der Waals surface area (Å²) in [5, 5.41) is 5.38. The van der Waals surface area contributed by atoms with Gasteiger partial charge in [-0.15, -0.1) is 23.2 Å². The van der Waals surface area contributed by atoms with E-state index in [0.29, 0.717) is 24.7 Å². The molecule has 1 aromatic heterocycles. The van der Waals surface area contributed by atoms with E-state index in [-0.39, 0.29) is 5.97 Å². The fourth-order valence-electron chi connectivity index (χ4n) is 3.02. The number of unbranched alkanes of at least 4 members (excludes halogenated alkanes) is 10. The Balaban J connectivity index is 1.93. The summed E-state index contributed by atoms with van der Waals surface area (Å²) in [6, 6.07) is 1.88. The van der Waals surface area contributed by atoms with E-state index >= 15 is 0 Å². The first-order valence-corrected chi connectivity index (χ1v) is 12.7. The normalized spacial score (nSPS) is 10.5. The summed E-state index contributed by atoms with van der Waals surface area (Å²) in [5.74, 6) is 6.29. The van der Waals surface area contributed by atoms with Gasteiger partial charge in [-0.2, -0.15) is 0 Å². The summed E-state index contributed by atoms with van der Waals surface area (Å²) >= 11 is 1.42. The van der Waals surface area contributed by atoms with E-state index in [1.54, 1.807) is 0 Å². The third-order valence-corrected chi connectivity index (χ3v) is 5.71. The van der Waals surface area contributed by atoms with Crippen LogP contribution in [0.25, 0.3) is 0 Å². The zero-order valence-corrected chi connectivity index (χ0v) is 19.9. The fourth-order valence-corrected chi connectivity index (χ4v) is 3.77. The first kappa shape index (κ1) is 26.5. The molecule has 0 saturated carbocycles. The van der Waals surface area contributed by atoms with Gasteiger partial charge in [0.15, 0.2) is 0 Å². The second-order valence-corrected chi connectivity index (χ2v) is 8.41. The molecule has 0 radical (unpaired) electrons.